The molecule has 0 N–H and O–H groups in total. The summed E-state index contributed by atoms with van der Waals surface area (Å²) in [4.78, 5) is 35.2. The van der Waals surface area contributed by atoms with E-state index < -0.39 is 5.82 Å². The lowest BCUT2D eigenvalue weighted by Crippen LogP contribution is -2.27. The fourth-order valence-corrected chi connectivity index (χ4v) is 2.09. The smallest absolute Gasteiger partial charge is 0.254 e. The van der Waals surface area contributed by atoms with Crippen LogP contribution in [0.2, 0.25) is 0 Å². The van der Waals surface area contributed by atoms with E-state index in [1.165, 1.54) is 24.1 Å². The molecule has 2 aromatic rings. The van der Waals surface area contributed by atoms with E-state index in [1.54, 1.807) is 24.3 Å². The third-order valence-corrected chi connectivity index (χ3v) is 3.29. The molecule has 0 bridgehead atoms. The van der Waals surface area contributed by atoms with Gasteiger partial charge in [-0.2, -0.15) is 0 Å². The maximum Gasteiger partial charge on any atom is 0.254 e. The summed E-state index contributed by atoms with van der Waals surface area (Å²) in [6.45, 7) is 0.0387. The number of hydrogen-bond donors (Lipinski definition) is 0. The van der Waals surface area contributed by atoms with Gasteiger partial charge in [-0.05, 0) is 12.1 Å². The molecule has 1 amide bonds. The van der Waals surface area contributed by atoms with E-state index in [-0.39, 0.29) is 29.1 Å². The van der Waals surface area contributed by atoms with Gasteiger partial charge in [-0.15, -0.1) is 0 Å². The van der Waals surface area contributed by atoms with Gasteiger partial charge in [0, 0.05) is 30.3 Å². The van der Waals surface area contributed by atoms with E-state index in [0.717, 1.165) is 6.07 Å². The lowest BCUT2D eigenvalue weighted by molar-refractivity contribution is 0.0780. The molecule has 0 heterocycles. The van der Waals surface area contributed by atoms with Crippen LogP contribution in [0.5, 0.6) is 0 Å². The van der Waals surface area contributed by atoms with Gasteiger partial charge in [0.2, 0.25) is 0 Å². The van der Waals surface area contributed by atoms with Crippen LogP contribution < -0.4 is 0 Å². The van der Waals surface area contributed by atoms with Crippen molar-refractivity contribution in [1.29, 1.82) is 0 Å². The summed E-state index contributed by atoms with van der Waals surface area (Å²) in [6, 6.07) is 10.5. The van der Waals surface area contributed by atoms with Gasteiger partial charge in [-0.3, -0.25) is 14.4 Å². The lowest BCUT2D eigenvalue weighted by atomic mass is 10.1. The Bertz CT molecular complexity index is 728. The second-order valence-electron chi connectivity index (χ2n) is 4.84. The summed E-state index contributed by atoms with van der Waals surface area (Å²) in [5.74, 6) is -0.922. The van der Waals surface area contributed by atoms with Crippen molar-refractivity contribution in [1.82, 2.24) is 4.90 Å². The van der Waals surface area contributed by atoms with Crippen LogP contribution in [0.15, 0.2) is 42.5 Å². The molecule has 4 nitrogen and oxygen atoms in total. The van der Waals surface area contributed by atoms with E-state index in [4.69, 9.17) is 0 Å². The first-order chi connectivity index (χ1) is 10.6. The van der Waals surface area contributed by atoms with E-state index in [9.17, 15) is 18.8 Å². The van der Waals surface area contributed by atoms with Gasteiger partial charge in [-0.25, -0.2) is 4.39 Å². The highest BCUT2D eigenvalue weighted by Gasteiger charge is 2.16. The third kappa shape index (κ3) is 3.25. The Morgan fingerprint density at radius 2 is 1.86 bits per heavy atom. The molecule has 0 aliphatic rings. The van der Waals surface area contributed by atoms with Crippen LogP contribution in [0.25, 0.3) is 0 Å². The van der Waals surface area contributed by atoms with Gasteiger partial charge in [0.15, 0.2) is 6.29 Å². The number of carbonyl (C=O) groups is 3. The number of halogens is 1. The number of amides is 1. The number of rotatable bonds is 5. The zero-order chi connectivity index (χ0) is 16.1. The average Bonchev–Trinajstić information content (AvgIpc) is 2.55. The summed E-state index contributed by atoms with van der Waals surface area (Å²) >= 11 is 0. The zero-order valence-electron chi connectivity index (χ0n) is 12.0. The van der Waals surface area contributed by atoms with Crippen LogP contribution in [0.3, 0.4) is 0 Å². The molecule has 0 fully saturated rings. The molecule has 0 aliphatic heterocycles. The standard InChI is InChI=1S/C17H14FNO3/c1-19(9-13-7-6-12(10-20)8-16(13)18)17(22)15-5-3-2-4-14(15)11-21/h2-8,10-11H,9H2,1H3. The van der Waals surface area contributed by atoms with Crippen molar-refractivity contribution in [2.45, 2.75) is 6.54 Å². The first-order valence-electron chi connectivity index (χ1n) is 6.60. The Kier molecular flexibility index (Phi) is 4.78. The molecule has 0 radical (unpaired) electrons. The number of aldehydes is 2. The monoisotopic (exact) mass is 299 g/mol. The Labute approximate surface area is 127 Å². The maximum atomic E-state index is 13.9. The minimum Gasteiger partial charge on any atom is -0.337 e. The van der Waals surface area contributed by atoms with Crippen LogP contribution >= 0.6 is 0 Å². The fourth-order valence-electron chi connectivity index (χ4n) is 2.09. The second kappa shape index (κ2) is 6.76. The molecule has 0 unspecified atom stereocenters. The van der Waals surface area contributed by atoms with E-state index in [2.05, 4.69) is 0 Å². The fraction of sp³-hybridized carbons (Fsp3) is 0.118. The van der Waals surface area contributed by atoms with E-state index >= 15 is 0 Å². The van der Waals surface area contributed by atoms with Crippen LogP contribution in [0, 0.1) is 5.82 Å². The molecule has 2 rings (SSSR count). The van der Waals surface area contributed by atoms with E-state index in [1.807, 2.05) is 0 Å². The highest BCUT2D eigenvalue weighted by atomic mass is 19.1. The SMILES string of the molecule is CN(Cc1ccc(C=O)cc1F)C(=O)c1ccccc1C=O. The first-order valence-corrected chi connectivity index (χ1v) is 6.60. The quantitative estimate of drug-likeness (QED) is 0.798. The molecule has 0 spiro atoms. The summed E-state index contributed by atoms with van der Waals surface area (Å²) < 4.78 is 13.9. The van der Waals surface area contributed by atoms with Gasteiger partial charge >= 0.3 is 0 Å². The van der Waals surface area contributed by atoms with Crippen LogP contribution in [0.4, 0.5) is 4.39 Å². The van der Waals surface area contributed by atoms with Crippen LogP contribution in [-0.4, -0.2) is 30.4 Å². The van der Waals surface area contributed by atoms with Gasteiger partial charge in [0.25, 0.3) is 5.91 Å². The molecule has 0 aliphatic carbocycles. The molecular formula is C17H14FNO3. The highest BCUT2D eigenvalue weighted by Crippen LogP contribution is 2.15. The maximum absolute atomic E-state index is 13.9. The first kappa shape index (κ1) is 15.6. The van der Waals surface area contributed by atoms with Gasteiger partial charge in [-0.1, -0.05) is 30.3 Å². The molecule has 2 aromatic carbocycles. The third-order valence-electron chi connectivity index (χ3n) is 3.29. The topological polar surface area (TPSA) is 54.5 Å². The Morgan fingerprint density at radius 3 is 2.50 bits per heavy atom. The van der Waals surface area contributed by atoms with Crippen molar-refractivity contribution in [2.24, 2.45) is 0 Å². The zero-order valence-corrected chi connectivity index (χ0v) is 12.0. The van der Waals surface area contributed by atoms with Gasteiger partial charge < -0.3 is 4.90 Å². The van der Waals surface area contributed by atoms with Crippen molar-refractivity contribution < 1.29 is 18.8 Å². The summed E-state index contributed by atoms with van der Waals surface area (Å²) in [6.07, 6.45) is 1.17. The summed E-state index contributed by atoms with van der Waals surface area (Å²) in [5, 5.41) is 0. The van der Waals surface area contributed by atoms with Gasteiger partial charge in [0.1, 0.15) is 12.1 Å². The Balaban J connectivity index is 2.21. The predicted molar refractivity (Wildman–Crippen MR) is 79.4 cm³/mol. The molecule has 22 heavy (non-hydrogen) atoms. The molecular weight excluding hydrogens is 285 g/mol. The van der Waals surface area contributed by atoms with Gasteiger partial charge in [0.05, 0.1) is 5.56 Å². The van der Waals surface area contributed by atoms with E-state index in [0.29, 0.717) is 18.1 Å². The number of nitrogens with zero attached hydrogens (tertiary/aromatic N) is 1. The number of hydrogen-bond acceptors (Lipinski definition) is 3. The highest BCUT2D eigenvalue weighted by molar-refractivity contribution is 6.01. The normalized spacial score (nSPS) is 10.1. The lowest BCUT2D eigenvalue weighted by Gasteiger charge is -2.18. The minimum absolute atomic E-state index is 0.0387. The Hall–Kier alpha value is -2.82. The summed E-state index contributed by atoms with van der Waals surface area (Å²) in [5.41, 5.74) is 1.09. The van der Waals surface area contributed by atoms with Crippen molar-refractivity contribution in [3.05, 3.63) is 70.5 Å². The minimum atomic E-state index is -0.548. The van der Waals surface area contributed by atoms with Crippen molar-refractivity contribution in [2.75, 3.05) is 7.05 Å². The van der Waals surface area contributed by atoms with Crippen LogP contribution in [-0.2, 0) is 6.54 Å². The van der Waals surface area contributed by atoms with Crippen molar-refractivity contribution >= 4 is 18.5 Å². The largest absolute Gasteiger partial charge is 0.337 e. The molecule has 112 valence electrons. The molecule has 0 saturated carbocycles. The second-order valence-corrected chi connectivity index (χ2v) is 4.84. The molecule has 5 heteroatoms. The van der Waals surface area contributed by atoms with Crippen molar-refractivity contribution in [3.63, 3.8) is 0 Å². The summed E-state index contributed by atoms with van der Waals surface area (Å²) in [7, 11) is 1.52. The predicted octanol–water partition coefficient (Wildman–Crippen LogP) is 2.72. The molecule has 0 atom stereocenters. The number of carbonyl (C=O) groups excluding carboxylic acids is 3. The van der Waals surface area contributed by atoms with Crippen molar-refractivity contribution in [3.8, 4) is 0 Å². The average molecular weight is 299 g/mol. The number of benzene rings is 2. The molecule has 0 saturated heterocycles. The Morgan fingerprint density at radius 1 is 1.14 bits per heavy atom. The molecule has 0 aromatic heterocycles. The van der Waals surface area contributed by atoms with Crippen LogP contribution in [0.1, 0.15) is 36.6 Å².